The van der Waals surface area contributed by atoms with Crippen molar-refractivity contribution >= 4 is 5.97 Å². The summed E-state index contributed by atoms with van der Waals surface area (Å²) in [5.74, 6) is -0.326. The first-order chi connectivity index (χ1) is 6.69. The number of aliphatic hydroxyl groups excluding tert-OH is 1. The van der Waals surface area contributed by atoms with Crippen LogP contribution >= 0.6 is 0 Å². The lowest BCUT2D eigenvalue weighted by molar-refractivity contribution is -0.204. The predicted molar refractivity (Wildman–Crippen MR) is 49.4 cm³/mol. The smallest absolute Gasteiger partial charge is 0.325 e. The van der Waals surface area contributed by atoms with Gasteiger partial charge in [0.05, 0.1) is 19.8 Å². The molecular formula is C9H17NO4. The van der Waals surface area contributed by atoms with Crippen LogP contribution in [0, 0.1) is 0 Å². The van der Waals surface area contributed by atoms with E-state index in [9.17, 15) is 9.90 Å². The van der Waals surface area contributed by atoms with Gasteiger partial charge in [-0.3, -0.25) is 4.79 Å². The summed E-state index contributed by atoms with van der Waals surface area (Å²) in [5.41, 5.74) is 0. The molecule has 0 aromatic carbocycles. The molecule has 14 heavy (non-hydrogen) atoms. The van der Waals surface area contributed by atoms with Crippen molar-refractivity contribution in [2.24, 2.45) is 0 Å². The number of hydrogen-bond acceptors (Lipinski definition) is 5. The SMILES string of the molecule is CCOC(=O)C1CC(O)CCN1OC. The first-order valence-corrected chi connectivity index (χ1v) is 4.84. The van der Waals surface area contributed by atoms with E-state index in [0.29, 0.717) is 26.0 Å². The minimum atomic E-state index is -0.469. The van der Waals surface area contributed by atoms with Gasteiger partial charge in [0.1, 0.15) is 6.04 Å². The van der Waals surface area contributed by atoms with E-state index in [1.54, 1.807) is 12.0 Å². The van der Waals surface area contributed by atoms with Crippen LogP contribution in [0.3, 0.4) is 0 Å². The molecule has 82 valence electrons. The minimum absolute atomic E-state index is 0.326. The Labute approximate surface area is 83.5 Å². The van der Waals surface area contributed by atoms with Crippen LogP contribution in [0.15, 0.2) is 0 Å². The van der Waals surface area contributed by atoms with Crippen molar-refractivity contribution in [3.63, 3.8) is 0 Å². The van der Waals surface area contributed by atoms with Crippen molar-refractivity contribution in [2.45, 2.75) is 31.9 Å². The second-order valence-corrected chi connectivity index (χ2v) is 3.27. The number of rotatable bonds is 3. The van der Waals surface area contributed by atoms with Crippen LogP contribution in [0.4, 0.5) is 0 Å². The fourth-order valence-corrected chi connectivity index (χ4v) is 1.60. The highest BCUT2D eigenvalue weighted by Gasteiger charge is 2.34. The van der Waals surface area contributed by atoms with Crippen molar-refractivity contribution in [1.29, 1.82) is 0 Å². The summed E-state index contributed by atoms with van der Waals surface area (Å²) >= 11 is 0. The van der Waals surface area contributed by atoms with Crippen LogP contribution in [-0.2, 0) is 14.4 Å². The quantitative estimate of drug-likeness (QED) is 0.651. The van der Waals surface area contributed by atoms with Crippen molar-refractivity contribution in [1.82, 2.24) is 5.06 Å². The Bertz CT molecular complexity index is 197. The highest BCUT2D eigenvalue weighted by Crippen LogP contribution is 2.18. The van der Waals surface area contributed by atoms with Crippen molar-refractivity contribution in [2.75, 3.05) is 20.3 Å². The third-order valence-electron chi connectivity index (χ3n) is 2.32. The number of hydroxylamine groups is 2. The number of esters is 1. The van der Waals surface area contributed by atoms with Gasteiger partial charge in [-0.1, -0.05) is 0 Å². The van der Waals surface area contributed by atoms with Crippen LogP contribution < -0.4 is 0 Å². The van der Waals surface area contributed by atoms with E-state index in [4.69, 9.17) is 9.57 Å². The van der Waals surface area contributed by atoms with E-state index in [1.165, 1.54) is 7.11 Å². The molecule has 0 aromatic rings. The largest absolute Gasteiger partial charge is 0.465 e. The van der Waals surface area contributed by atoms with E-state index in [-0.39, 0.29) is 5.97 Å². The molecule has 5 heteroatoms. The Morgan fingerprint density at radius 2 is 2.36 bits per heavy atom. The molecule has 1 N–H and O–H groups in total. The maximum atomic E-state index is 11.5. The van der Waals surface area contributed by atoms with Crippen LogP contribution in [0.5, 0.6) is 0 Å². The van der Waals surface area contributed by atoms with Gasteiger partial charge in [0.15, 0.2) is 0 Å². The van der Waals surface area contributed by atoms with Gasteiger partial charge in [-0.05, 0) is 13.3 Å². The standard InChI is InChI=1S/C9H17NO4/c1-3-14-9(12)8-6-7(11)4-5-10(8)13-2/h7-8,11H,3-6H2,1-2H3. The molecule has 1 fully saturated rings. The van der Waals surface area contributed by atoms with Gasteiger partial charge in [-0.15, -0.1) is 0 Å². The third-order valence-corrected chi connectivity index (χ3v) is 2.32. The molecule has 5 nitrogen and oxygen atoms in total. The highest BCUT2D eigenvalue weighted by atomic mass is 16.7. The predicted octanol–water partition coefficient (Wildman–Crippen LogP) is -0.0638. The Morgan fingerprint density at radius 1 is 1.64 bits per heavy atom. The first kappa shape index (κ1) is 11.4. The molecule has 2 atom stereocenters. The normalized spacial score (nSPS) is 28.8. The summed E-state index contributed by atoms with van der Waals surface area (Å²) in [4.78, 5) is 16.5. The monoisotopic (exact) mass is 203 g/mol. The zero-order valence-electron chi connectivity index (χ0n) is 8.60. The molecule has 0 bridgehead atoms. The highest BCUT2D eigenvalue weighted by molar-refractivity contribution is 5.75. The first-order valence-electron chi connectivity index (χ1n) is 4.84. The number of carbonyl (C=O) groups is 1. The lowest BCUT2D eigenvalue weighted by atomic mass is 10.0. The summed E-state index contributed by atoms with van der Waals surface area (Å²) in [6.45, 7) is 2.67. The fraction of sp³-hybridized carbons (Fsp3) is 0.889. The van der Waals surface area contributed by atoms with Crippen molar-refractivity contribution < 1.29 is 19.5 Å². The summed E-state index contributed by atoms with van der Waals surface area (Å²) in [5, 5.41) is 11.0. The average molecular weight is 203 g/mol. The van der Waals surface area contributed by atoms with E-state index in [1.807, 2.05) is 0 Å². The maximum Gasteiger partial charge on any atom is 0.325 e. The van der Waals surface area contributed by atoms with E-state index < -0.39 is 12.1 Å². The number of nitrogens with zero attached hydrogens (tertiary/aromatic N) is 1. The molecule has 1 aliphatic heterocycles. The topological polar surface area (TPSA) is 59.0 Å². The Morgan fingerprint density at radius 3 is 2.93 bits per heavy atom. The minimum Gasteiger partial charge on any atom is -0.465 e. The van der Waals surface area contributed by atoms with Gasteiger partial charge in [-0.2, -0.15) is 5.06 Å². The van der Waals surface area contributed by atoms with Crippen LogP contribution in [-0.4, -0.2) is 48.5 Å². The van der Waals surface area contributed by atoms with E-state index in [2.05, 4.69) is 0 Å². The molecular weight excluding hydrogens is 186 g/mol. The average Bonchev–Trinajstić information content (AvgIpc) is 2.18. The number of hydrogen-bond donors (Lipinski definition) is 1. The maximum absolute atomic E-state index is 11.5. The fourth-order valence-electron chi connectivity index (χ4n) is 1.60. The number of piperidine rings is 1. The zero-order chi connectivity index (χ0) is 10.6. The molecule has 0 radical (unpaired) electrons. The molecule has 0 aromatic heterocycles. The van der Waals surface area contributed by atoms with Crippen molar-refractivity contribution in [3.05, 3.63) is 0 Å². The Kier molecular flexibility index (Phi) is 4.31. The second-order valence-electron chi connectivity index (χ2n) is 3.27. The summed E-state index contributed by atoms with van der Waals surface area (Å²) < 4.78 is 4.89. The Hall–Kier alpha value is -0.650. The van der Waals surface area contributed by atoms with Crippen LogP contribution in [0.2, 0.25) is 0 Å². The molecule has 1 aliphatic rings. The molecule has 0 saturated carbocycles. The van der Waals surface area contributed by atoms with Gasteiger partial charge in [-0.25, -0.2) is 0 Å². The van der Waals surface area contributed by atoms with Crippen molar-refractivity contribution in [3.8, 4) is 0 Å². The van der Waals surface area contributed by atoms with E-state index in [0.717, 1.165) is 0 Å². The zero-order valence-corrected chi connectivity index (χ0v) is 8.60. The molecule has 0 spiro atoms. The number of aliphatic hydroxyl groups is 1. The van der Waals surface area contributed by atoms with Gasteiger partial charge in [0.2, 0.25) is 0 Å². The molecule has 0 aliphatic carbocycles. The second kappa shape index (κ2) is 5.29. The lowest BCUT2D eigenvalue weighted by Crippen LogP contribution is -2.48. The summed E-state index contributed by atoms with van der Waals surface area (Å²) in [6.07, 6.45) is 0.576. The molecule has 1 saturated heterocycles. The van der Waals surface area contributed by atoms with Crippen LogP contribution in [0.1, 0.15) is 19.8 Å². The van der Waals surface area contributed by atoms with Gasteiger partial charge < -0.3 is 14.7 Å². The molecule has 1 heterocycles. The number of carbonyl (C=O) groups excluding carboxylic acids is 1. The summed E-state index contributed by atoms with van der Waals surface area (Å²) in [6, 6.07) is -0.469. The molecule has 0 amide bonds. The van der Waals surface area contributed by atoms with Gasteiger partial charge in [0, 0.05) is 13.0 Å². The third kappa shape index (κ3) is 2.67. The molecule has 2 unspecified atom stereocenters. The van der Waals surface area contributed by atoms with E-state index >= 15 is 0 Å². The van der Waals surface area contributed by atoms with Gasteiger partial charge in [0.25, 0.3) is 0 Å². The molecule has 1 rings (SSSR count). The lowest BCUT2D eigenvalue weighted by Gasteiger charge is -2.33. The number of ether oxygens (including phenoxy) is 1. The summed E-state index contributed by atoms with van der Waals surface area (Å²) in [7, 11) is 1.52. The van der Waals surface area contributed by atoms with Gasteiger partial charge >= 0.3 is 5.97 Å². The Balaban J connectivity index is 2.56. The van der Waals surface area contributed by atoms with Crippen LogP contribution in [0.25, 0.3) is 0 Å².